The van der Waals surface area contributed by atoms with Crippen LogP contribution in [0.3, 0.4) is 0 Å². The van der Waals surface area contributed by atoms with Crippen molar-refractivity contribution in [3.8, 4) is 6.07 Å². The molecule has 0 atom stereocenters. The molecule has 1 aromatic heterocycles. The first-order valence-corrected chi connectivity index (χ1v) is 7.22. The van der Waals surface area contributed by atoms with Crippen LogP contribution in [-0.4, -0.2) is 13.4 Å². The van der Waals surface area contributed by atoms with E-state index in [4.69, 9.17) is 22.6 Å². The second kappa shape index (κ2) is 5.36. The van der Waals surface area contributed by atoms with Crippen LogP contribution in [0.15, 0.2) is 41.4 Å². The SMILES string of the molecule is N#Cc1ccc(NS(=O)(=O)c2ccnc(N)c2)c(Cl)c1. The lowest BCUT2D eigenvalue weighted by atomic mass is 10.2. The molecule has 0 radical (unpaired) electrons. The number of aromatic nitrogens is 1. The van der Waals surface area contributed by atoms with Crippen molar-refractivity contribution >= 4 is 33.1 Å². The number of pyridine rings is 1. The van der Waals surface area contributed by atoms with Gasteiger partial charge in [-0.25, -0.2) is 13.4 Å². The molecule has 1 aromatic carbocycles. The molecule has 0 aliphatic rings. The van der Waals surface area contributed by atoms with Gasteiger partial charge in [-0.1, -0.05) is 11.6 Å². The van der Waals surface area contributed by atoms with Crippen LogP contribution < -0.4 is 10.5 Å². The molecule has 0 aliphatic heterocycles. The van der Waals surface area contributed by atoms with Crippen molar-refractivity contribution in [3.05, 3.63) is 47.1 Å². The summed E-state index contributed by atoms with van der Waals surface area (Å²) in [6.45, 7) is 0. The average molecular weight is 309 g/mol. The van der Waals surface area contributed by atoms with E-state index in [2.05, 4.69) is 9.71 Å². The summed E-state index contributed by atoms with van der Waals surface area (Å²) in [5, 5.41) is 8.86. The van der Waals surface area contributed by atoms with Gasteiger partial charge in [-0.2, -0.15) is 5.26 Å². The number of nitrogens with one attached hydrogen (secondary N) is 1. The Kier molecular flexibility index (Phi) is 3.79. The number of hydrogen-bond donors (Lipinski definition) is 2. The molecule has 3 N–H and O–H groups in total. The summed E-state index contributed by atoms with van der Waals surface area (Å²) < 4.78 is 26.6. The molecule has 2 rings (SSSR count). The molecule has 0 unspecified atom stereocenters. The van der Waals surface area contributed by atoms with E-state index in [-0.39, 0.29) is 21.4 Å². The first-order chi connectivity index (χ1) is 9.42. The maximum atomic E-state index is 12.1. The Labute approximate surface area is 120 Å². The molecular formula is C12H9ClN4O2S. The number of halogens is 1. The van der Waals surface area contributed by atoms with Gasteiger partial charge in [0, 0.05) is 12.3 Å². The Morgan fingerprint density at radius 3 is 2.65 bits per heavy atom. The second-order valence-electron chi connectivity index (χ2n) is 3.83. The van der Waals surface area contributed by atoms with Gasteiger partial charge >= 0.3 is 0 Å². The molecular weight excluding hydrogens is 300 g/mol. The van der Waals surface area contributed by atoms with Crippen molar-refractivity contribution in [3.63, 3.8) is 0 Å². The predicted molar refractivity (Wildman–Crippen MR) is 75.6 cm³/mol. The smallest absolute Gasteiger partial charge is 0.262 e. The van der Waals surface area contributed by atoms with Gasteiger partial charge in [0.1, 0.15) is 5.82 Å². The van der Waals surface area contributed by atoms with Gasteiger partial charge in [-0.05, 0) is 24.3 Å². The Morgan fingerprint density at radius 1 is 1.30 bits per heavy atom. The zero-order valence-electron chi connectivity index (χ0n) is 10.0. The molecule has 0 aliphatic carbocycles. The highest BCUT2D eigenvalue weighted by Gasteiger charge is 2.16. The quantitative estimate of drug-likeness (QED) is 0.901. The molecule has 0 bridgehead atoms. The number of sulfonamides is 1. The van der Waals surface area contributed by atoms with Gasteiger partial charge in [0.25, 0.3) is 10.0 Å². The Hall–Kier alpha value is -2.30. The van der Waals surface area contributed by atoms with Crippen molar-refractivity contribution in [1.82, 2.24) is 4.98 Å². The maximum absolute atomic E-state index is 12.1. The minimum absolute atomic E-state index is 0.0228. The molecule has 0 fully saturated rings. The molecule has 0 saturated heterocycles. The zero-order chi connectivity index (χ0) is 14.8. The normalized spacial score (nSPS) is 10.8. The minimum atomic E-state index is -3.82. The molecule has 102 valence electrons. The van der Waals surface area contributed by atoms with E-state index in [9.17, 15) is 8.42 Å². The number of hydrogen-bond acceptors (Lipinski definition) is 5. The van der Waals surface area contributed by atoms with Gasteiger partial charge in [0.15, 0.2) is 0 Å². The van der Waals surface area contributed by atoms with Gasteiger partial charge in [0.05, 0.1) is 27.2 Å². The lowest BCUT2D eigenvalue weighted by molar-refractivity contribution is 0.601. The molecule has 0 saturated carbocycles. The van der Waals surface area contributed by atoms with Gasteiger partial charge in [-0.15, -0.1) is 0 Å². The van der Waals surface area contributed by atoms with Crippen LogP contribution in [-0.2, 0) is 10.0 Å². The van der Waals surface area contributed by atoms with Gasteiger partial charge < -0.3 is 5.73 Å². The fourth-order valence-corrected chi connectivity index (χ4v) is 2.85. The summed E-state index contributed by atoms with van der Waals surface area (Å²) in [5.74, 6) is 0.0961. The standard InChI is InChI=1S/C12H9ClN4O2S/c13-10-5-8(7-14)1-2-11(10)17-20(18,19)9-3-4-16-12(15)6-9/h1-6,17H,(H2,15,16). The third-order valence-corrected chi connectivity index (χ3v) is 4.08. The van der Waals surface area contributed by atoms with E-state index in [1.807, 2.05) is 6.07 Å². The topological polar surface area (TPSA) is 109 Å². The Balaban J connectivity index is 2.36. The van der Waals surface area contributed by atoms with E-state index in [1.165, 1.54) is 36.5 Å². The monoisotopic (exact) mass is 308 g/mol. The third-order valence-electron chi connectivity index (χ3n) is 2.41. The van der Waals surface area contributed by atoms with Crippen LogP contribution in [0.4, 0.5) is 11.5 Å². The fourth-order valence-electron chi connectivity index (χ4n) is 1.47. The van der Waals surface area contributed by atoms with Crippen LogP contribution in [0.25, 0.3) is 0 Å². The van der Waals surface area contributed by atoms with Crippen molar-refractivity contribution < 1.29 is 8.42 Å². The largest absolute Gasteiger partial charge is 0.384 e. The van der Waals surface area contributed by atoms with Crippen molar-refractivity contribution in [2.45, 2.75) is 4.90 Å². The second-order valence-corrected chi connectivity index (χ2v) is 5.92. The van der Waals surface area contributed by atoms with Crippen LogP contribution in [0.2, 0.25) is 5.02 Å². The average Bonchev–Trinajstić information content (AvgIpc) is 2.41. The number of nitrogen functional groups attached to an aromatic ring is 1. The Morgan fingerprint density at radius 2 is 2.05 bits per heavy atom. The number of benzene rings is 1. The van der Waals surface area contributed by atoms with Crippen LogP contribution >= 0.6 is 11.6 Å². The number of anilines is 2. The third kappa shape index (κ3) is 2.99. The van der Waals surface area contributed by atoms with Crippen LogP contribution in [0.1, 0.15) is 5.56 Å². The zero-order valence-corrected chi connectivity index (χ0v) is 11.6. The minimum Gasteiger partial charge on any atom is -0.384 e. The van der Waals surface area contributed by atoms with E-state index >= 15 is 0 Å². The summed E-state index contributed by atoms with van der Waals surface area (Å²) >= 11 is 5.92. The number of rotatable bonds is 3. The van der Waals surface area contributed by atoms with E-state index in [0.717, 1.165) is 0 Å². The highest BCUT2D eigenvalue weighted by molar-refractivity contribution is 7.92. The molecule has 1 heterocycles. The number of nitrogens with zero attached hydrogens (tertiary/aromatic N) is 2. The number of nitriles is 1. The molecule has 2 aromatic rings. The summed E-state index contributed by atoms with van der Waals surface area (Å²) in [6, 6.07) is 8.72. The highest BCUT2D eigenvalue weighted by atomic mass is 35.5. The van der Waals surface area contributed by atoms with Crippen molar-refractivity contribution in [2.24, 2.45) is 0 Å². The van der Waals surface area contributed by atoms with E-state index < -0.39 is 10.0 Å². The summed E-state index contributed by atoms with van der Waals surface area (Å²) in [6.07, 6.45) is 1.30. The van der Waals surface area contributed by atoms with Gasteiger partial charge in [0.2, 0.25) is 0 Å². The lowest BCUT2D eigenvalue weighted by Gasteiger charge is -2.09. The maximum Gasteiger partial charge on any atom is 0.262 e. The van der Waals surface area contributed by atoms with E-state index in [1.54, 1.807) is 0 Å². The highest BCUT2D eigenvalue weighted by Crippen LogP contribution is 2.25. The first-order valence-electron chi connectivity index (χ1n) is 5.36. The van der Waals surface area contributed by atoms with Crippen LogP contribution in [0.5, 0.6) is 0 Å². The fraction of sp³-hybridized carbons (Fsp3) is 0. The lowest BCUT2D eigenvalue weighted by Crippen LogP contribution is -2.13. The van der Waals surface area contributed by atoms with Crippen LogP contribution in [0, 0.1) is 11.3 Å². The predicted octanol–water partition coefficient (Wildman–Crippen LogP) is 1.99. The molecule has 0 amide bonds. The molecule has 8 heteroatoms. The summed E-state index contributed by atoms with van der Waals surface area (Å²) in [4.78, 5) is 3.70. The van der Waals surface area contributed by atoms with Crippen molar-refractivity contribution in [1.29, 1.82) is 5.26 Å². The van der Waals surface area contributed by atoms with Crippen molar-refractivity contribution in [2.75, 3.05) is 10.5 Å². The summed E-state index contributed by atoms with van der Waals surface area (Å²) in [7, 11) is -3.82. The molecule has 20 heavy (non-hydrogen) atoms. The number of nitrogens with two attached hydrogens (primary N) is 1. The Bertz CT molecular complexity index is 799. The summed E-state index contributed by atoms with van der Waals surface area (Å²) in [5.41, 5.74) is 5.97. The molecule has 0 spiro atoms. The van der Waals surface area contributed by atoms with Gasteiger partial charge in [-0.3, -0.25) is 4.72 Å². The molecule has 6 nitrogen and oxygen atoms in total. The van der Waals surface area contributed by atoms with E-state index in [0.29, 0.717) is 5.56 Å². The first kappa shape index (κ1) is 14.1.